The molecule has 0 saturated carbocycles. The lowest BCUT2D eigenvalue weighted by molar-refractivity contribution is 0.0838. The van der Waals surface area contributed by atoms with Crippen molar-refractivity contribution in [3.8, 4) is 0 Å². The van der Waals surface area contributed by atoms with Crippen LogP contribution in [0.15, 0.2) is 5.10 Å². The number of hydrogen-bond acceptors (Lipinski definition) is 4. The average Bonchev–Trinajstić information content (AvgIpc) is 2.11. The van der Waals surface area contributed by atoms with Crippen LogP contribution in [0, 0.1) is 0 Å². The molecular weight excluding hydrogens is 128 g/mol. The van der Waals surface area contributed by atoms with Gasteiger partial charge >= 0.3 is 0 Å². The highest BCUT2D eigenvalue weighted by Gasteiger charge is 2.22. The zero-order valence-electron chi connectivity index (χ0n) is 6.89. The lowest BCUT2D eigenvalue weighted by atomic mass is 10.1. The predicted octanol–water partition coefficient (Wildman–Crippen LogP) is 0.443. The third-order valence-corrected chi connectivity index (χ3v) is 1.23. The van der Waals surface area contributed by atoms with E-state index in [9.17, 15) is 0 Å². The van der Waals surface area contributed by atoms with Crippen molar-refractivity contribution in [1.82, 2.24) is 16.1 Å². The molecule has 0 unspecified atom stereocenters. The summed E-state index contributed by atoms with van der Waals surface area (Å²) in [6, 6.07) is 0. The van der Waals surface area contributed by atoms with Gasteiger partial charge in [0, 0.05) is 0 Å². The topological polar surface area (TPSA) is 39.7 Å². The largest absolute Gasteiger partial charge is 0.289 e. The second-order valence-electron chi connectivity index (χ2n) is 3.40. The molecule has 0 amide bonds. The summed E-state index contributed by atoms with van der Waals surface area (Å²) in [5.74, 6) is 0.898. The van der Waals surface area contributed by atoms with E-state index in [1.54, 1.807) is 5.12 Å². The van der Waals surface area contributed by atoms with Crippen molar-refractivity contribution in [2.45, 2.75) is 33.2 Å². The van der Waals surface area contributed by atoms with Gasteiger partial charge in [-0.15, -0.1) is 10.6 Å². The normalized spacial score (nSPS) is 18.8. The van der Waals surface area contributed by atoms with Crippen LogP contribution in [0.2, 0.25) is 0 Å². The smallest absolute Gasteiger partial charge is 0.136 e. The molecule has 0 aromatic carbocycles. The Morgan fingerprint density at radius 3 is 2.20 bits per heavy atom. The van der Waals surface area contributed by atoms with Crippen LogP contribution in [0.3, 0.4) is 0 Å². The van der Waals surface area contributed by atoms with E-state index in [0.717, 1.165) is 5.84 Å². The third kappa shape index (κ3) is 1.39. The Bertz CT molecular complexity index is 156. The van der Waals surface area contributed by atoms with Crippen LogP contribution in [0.5, 0.6) is 0 Å². The first-order valence-corrected chi connectivity index (χ1v) is 3.37. The van der Waals surface area contributed by atoms with E-state index in [-0.39, 0.29) is 5.54 Å². The fourth-order valence-electron chi connectivity index (χ4n) is 0.652. The minimum Gasteiger partial charge on any atom is -0.289 e. The molecule has 0 aromatic rings. The van der Waals surface area contributed by atoms with Crippen molar-refractivity contribution in [3.05, 3.63) is 0 Å². The SMILES string of the molecule is CC1=NN(C(C)(C)C)NN1. The standard InChI is InChI=1S/C6H14N4/c1-5-7-9-10(8-5)6(2,3)4/h9H,1-4H3,(H,7,8). The molecular formula is C6H14N4. The predicted molar refractivity (Wildman–Crippen MR) is 41.0 cm³/mol. The summed E-state index contributed by atoms with van der Waals surface area (Å²) in [5, 5.41) is 5.98. The van der Waals surface area contributed by atoms with Crippen LogP contribution in [0.1, 0.15) is 27.7 Å². The second kappa shape index (κ2) is 2.12. The molecule has 0 spiro atoms. The lowest BCUT2D eigenvalue weighted by Gasteiger charge is -2.28. The van der Waals surface area contributed by atoms with Gasteiger partial charge in [-0.25, -0.2) is 5.12 Å². The molecule has 4 nitrogen and oxygen atoms in total. The van der Waals surface area contributed by atoms with Gasteiger partial charge in [0.1, 0.15) is 5.84 Å². The summed E-state index contributed by atoms with van der Waals surface area (Å²) >= 11 is 0. The molecule has 0 aromatic heterocycles. The van der Waals surface area contributed by atoms with Crippen LogP contribution >= 0.6 is 0 Å². The fraction of sp³-hybridized carbons (Fsp3) is 0.833. The molecule has 0 fully saturated rings. The van der Waals surface area contributed by atoms with E-state index in [4.69, 9.17) is 0 Å². The van der Waals surface area contributed by atoms with Crippen LogP contribution in [-0.2, 0) is 0 Å². The maximum Gasteiger partial charge on any atom is 0.136 e. The zero-order valence-corrected chi connectivity index (χ0v) is 6.89. The van der Waals surface area contributed by atoms with Gasteiger partial charge < -0.3 is 0 Å². The molecule has 1 aliphatic heterocycles. The number of hydrazone groups is 1. The van der Waals surface area contributed by atoms with Gasteiger partial charge in [0.2, 0.25) is 0 Å². The van der Waals surface area contributed by atoms with Crippen molar-refractivity contribution < 1.29 is 0 Å². The van der Waals surface area contributed by atoms with Crippen molar-refractivity contribution in [2.24, 2.45) is 5.10 Å². The number of hydrogen-bond donors (Lipinski definition) is 2. The molecule has 4 heteroatoms. The van der Waals surface area contributed by atoms with Gasteiger partial charge in [0.15, 0.2) is 0 Å². The first-order valence-electron chi connectivity index (χ1n) is 3.37. The Balaban J connectivity index is 2.61. The molecule has 10 heavy (non-hydrogen) atoms. The van der Waals surface area contributed by atoms with Crippen LogP contribution < -0.4 is 11.0 Å². The number of amidine groups is 1. The molecule has 1 aliphatic rings. The van der Waals surface area contributed by atoms with Crippen molar-refractivity contribution in [1.29, 1.82) is 0 Å². The van der Waals surface area contributed by atoms with Crippen molar-refractivity contribution in [2.75, 3.05) is 0 Å². The second-order valence-corrected chi connectivity index (χ2v) is 3.40. The quantitative estimate of drug-likeness (QED) is 0.515. The van der Waals surface area contributed by atoms with E-state index >= 15 is 0 Å². The summed E-state index contributed by atoms with van der Waals surface area (Å²) in [6.07, 6.45) is 0. The molecule has 0 radical (unpaired) electrons. The molecule has 2 N–H and O–H groups in total. The summed E-state index contributed by atoms with van der Waals surface area (Å²) in [6.45, 7) is 8.18. The van der Waals surface area contributed by atoms with Gasteiger partial charge in [-0.1, -0.05) is 0 Å². The first kappa shape index (κ1) is 7.34. The van der Waals surface area contributed by atoms with Crippen LogP contribution in [-0.4, -0.2) is 16.5 Å². The van der Waals surface area contributed by atoms with Crippen LogP contribution in [0.4, 0.5) is 0 Å². The molecule has 0 aliphatic carbocycles. The van der Waals surface area contributed by atoms with Gasteiger partial charge in [0.25, 0.3) is 0 Å². The highest BCUT2D eigenvalue weighted by molar-refractivity contribution is 5.79. The summed E-state index contributed by atoms with van der Waals surface area (Å²) in [4.78, 5) is 0. The molecule has 1 heterocycles. The van der Waals surface area contributed by atoms with Gasteiger partial charge in [-0.3, -0.25) is 5.43 Å². The number of nitrogens with zero attached hydrogens (tertiary/aromatic N) is 2. The Morgan fingerprint density at radius 1 is 1.40 bits per heavy atom. The van der Waals surface area contributed by atoms with E-state index < -0.39 is 0 Å². The highest BCUT2D eigenvalue weighted by atomic mass is 15.9. The third-order valence-electron chi connectivity index (χ3n) is 1.23. The molecule has 0 atom stereocenters. The van der Waals surface area contributed by atoms with Crippen molar-refractivity contribution >= 4 is 5.84 Å². The van der Waals surface area contributed by atoms with E-state index in [1.165, 1.54) is 0 Å². The molecule has 58 valence electrons. The minimum absolute atomic E-state index is 0.0325. The van der Waals surface area contributed by atoms with E-state index in [1.807, 2.05) is 6.92 Å². The Labute approximate surface area is 61.2 Å². The monoisotopic (exact) mass is 142 g/mol. The summed E-state index contributed by atoms with van der Waals surface area (Å²) in [5.41, 5.74) is 5.86. The highest BCUT2D eigenvalue weighted by Crippen LogP contribution is 2.11. The first-order chi connectivity index (χ1) is 4.50. The van der Waals surface area contributed by atoms with Crippen molar-refractivity contribution in [3.63, 3.8) is 0 Å². The fourth-order valence-corrected chi connectivity index (χ4v) is 0.652. The molecule has 0 saturated heterocycles. The Kier molecular flexibility index (Phi) is 1.56. The van der Waals surface area contributed by atoms with E-state index in [0.29, 0.717) is 0 Å². The van der Waals surface area contributed by atoms with Gasteiger partial charge in [-0.2, -0.15) is 0 Å². The average molecular weight is 142 g/mol. The van der Waals surface area contributed by atoms with Crippen LogP contribution in [0.25, 0.3) is 0 Å². The van der Waals surface area contributed by atoms with E-state index in [2.05, 4.69) is 36.8 Å². The molecule has 1 rings (SSSR count). The number of rotatable bonds is 0. The Hall–Kier alpha value is -0.770. The maximum absolute atomic E-state index is 4.19. The maximum atomic E-state index is 4.19. The van der Waals surface area contributed by atoms with Gasteiger partial charge in [-0.05, 0) is 27.7 Å². The number of hydrazine groups is 2. The lowest BCUT2D eigenvalue weighted by Crippen LogP contribution is -2.47. The minimum atomic E-state index is 0.0325. The number of nitrogens with one attached hydrogen (secondary N) is 2. The zero-order chi connectivity index (χ0) is 7.78. The Morgan fingerprint density at radius 2 is 2.00 bits per heavy atom. The summed E-state index contributed by atoms with van der Waals surface area (Å²) < 4.78 is 0. The summed E-state index contributed by atoms with van der Waals surface area (Å²) in [7, 11) is 0. The van der Waals surface area contributed by atoms with Gasteiger partial charge in [0.05, 0.1) is 5.54 Å². The molecule has 0 bridgehead atoms.